The van der Waals surface area contributed by atoms with Crippen LogP contribution in [0.15, 0.2) is 24.3 Å². The minimum Gasteiger partial charge on any atom is -0.326 e. The minimum atomic E-state index is -0.154. The topological polar surface area (TPSA) is 68.0 Å². The number of carbonyl (C=O) groups excluding carboxylic acids is 1. The maximum absolute atomic E-state index is 12.0. The fourth-order valence-electron chi connectivity index (χ4n) is 1.54. The van der Waals surface area contributed by atoms with E-state index in [0.717, 1.165) is 16.1 Å². The van der Waals surface area contributed by atoms with Gasteiger partial charge in [-0.15, -0.1) is 11.3 Å². The predicted octanol–water partition coefficient (Wildman–Crippen LogP) is 2.47. The molecule has 0 fully saturated rings. The van der Waals surface area contributed by atoms with Gasteiger partial charge in [0.2, 0.25) is 0 Å². The number of hydrogen-bond donors (Lipinski definition) is 2. The summed E-state index contributed by atoms with van der Waals surface area (Å²) in [6.45, 7) is 4.34. The third-order valence-electron chi connectivity index (χ3n) is 2.67. The third-order valence-corrected chi connectivity index (χ3v) is 3.66. The van der Waals surface area contributed by atoms with Gasteiger partial charge in [0.05, 0.1) is 5.69 Å². The molecule has 0 radical (unpaired) electrons. The molecule has 0 saturated carbocycles. The highest BCUT2D eigenvalue weighted by molar-refractivity contribution is 7.15. The molecule has 94 valence electrons. The maximum atomic E-state index is 12.0. The van der Waals surface area contributed by atoms with Crippen molar-refractivity contribution in [2.24, 2.45) is 5.73 Å². The first-order valence-electron chi connectivity index (χ1n) is 5.64. The van der Waals surface area contributed by atoms with Crippen LogP contribution in [0.25, 0.3) is 0 Å². The lowest BCUT2D eigenvalue weighted by atomic mass is 10.1. The van der Waals surface area contributed by atoms with Crippen LogP contribution in [0, 0.1) is 13.8 Å². The van der Waals surface area contributed by atoms with Crippen LogP contribution in [-0.2, 0) is 6.54 Å². The number of aromatic nitrogens is 1. The van der Waals surface area contributed by atoms with Crippen LogP contribution in [0.1, 0.15) is 26.5 Å². The van der Waals surface area contributed by atoms with Gasteiger partial charge in [-0.05, 0) is 31.5 Å². The minimum absolute atomic E-state index is 0.154. The van der Waals surface area contributed by atoms with Crippen LogP contribution in [0.4, 0.5) is 5.13 Å². The number of aryl methyl sites for hydroxylation is 2. The number of nitrogens with zero attached hydrogens (tertiary/aromatic N) is 1. The van der Waals surface area contributed by atoms with Crippen molar-refractivity contribution in [3.8, 4) is 0 Å². The zero-order valence-corrected chi connectivity index (χ0v) is 11.2. The van der Waals surface area contributed by atoms with Crippen molar-refractivity contribution in [1.29, 1.82) is 0 Å². The Balaban J connectivity index is 2.16. The van der Waals surface area contributed by atoms with E-state index in [0.29, 0.717) is 17.2 Å². The van der Waals surface area contributed by atoms with Crippen molar-refractivity contribution < 1.29 is 4.79 Å². The number of hydrogen-bond acceptors (Lipinski definition) is 4. The van der Waals surface area contributed by atoms with Crippen molar-refractivity contribution in [2.45, 2.75) is 20.4 Å². The summed E-state index contributed by atoms with van der Waals surface area (Å²) in [5.74, 6) is -0.154. The molecule has 4 nitrogen and oxygen atoms in total. The molecule has 2 rings (SSSR count). The number of nitrogens with one attached hydrogen (secondary N) is 1. The van der Waals surface area contributed by atoms with Crippen LogP contribution in [0.2, 0.25) is 0 Å². The number of rotatable bonds is 3. The van der Waals surface area contributed by atoms with Crippen LogP contribution in [0.5, 0.6) is 0 Å². The van der Waals surface area contributed by atoms with Gasteiger partial charge >= 0.3 is 0 Å². The van der Waals surface area contributed by atoms with Crippen LogP contribution in [-0.4, -0.2) is 10.9 Å². The lowest BCUT2D eigenvalue weighted by Gasteiger charge is -2.03. The zero-order chi connectivity index (χ0) is 13.1. The van der Waals surface area contributed by atoms with Gasteiger partial charge in [0.25, 0.3) is 5.91 Å². The van der Waals surface area contributed by atoms with E-state index in [-0.39, 0.29) is 5.91 Å². The first-order valence-corrected chi connectivity index (χ1v) is 6.46. The second kappa shape index (κ2) is 5.29. The molecular formula is C13H15N3OS. The highest BCUT2D eigenvalue weighted by Gasteiger charge is 2.10. The molecule has 0 atom stereocenters. The van der Waals surface area contributed by atoms with Gasteiger partial charge in [0.1, 0.15) is 0 Å². The van der Waals surface area contributed by atoms with Crippen molar-refractivity contribution in [1.82, 2.24) is 4.98 Å². The molecule has 0 aliphatic heterocycles. The van der Waals surface area contributed by atoms with Gasteiger partial charge in [0, 0.05) is 17.0 Å². The Hall–Kier alpha value is -1.72. The van der Waals surface area contributed by atoms with Gasteiger partial charge in [-0.3, -0.25) is 10.1 Å². The molecule has 3 N–H and O–H groups in total. The van der Waals surface area contributed by atoms with E-state index < -0.39 is 0 Å². The van der Waals surface area contributed by atoms with E-state index in [2.05, 4.69) is 10.3 Å². The van der Waals surface area contributed by atoms with Crippen LogP contribution >= 0.6 is 11.3 Å². The van der Waals surface area contributed by atoms with E-state index in [9.17, 15) is 4.79 Å². The van der Waals surface area contributed by atoms with Crippen molar-refractivity contribution in [3.63, 3.8) is 0 Å². The van der Waals surface area contributed by atoms with E-state index in [4.69, 9.17) is 5.73 Å². The standard InChI is InChI=1S/C13H15N3OS/c1-8-9(2)18-13(15-8)16-12(17)11-5-3-4-10(6-11)7-14/h3-6H,7,14H2,1-2H3,(H,15,16,17). The molecule has 0 saturated heterocycles. The highest BCUT2D eigenvalue weighted by atomic mass is 32.1. The molecular weight excluding hydrogens is 246 g/mol. The number of nitrogens with two attached hydrogens (primary N) is 1. The second-order valence-electron chi connectivity index (χ2n) is 4.02. The molecule has 18 heavy (non-hydrogen) atoms. The normalized spacial score (nSPS) is 10.4. The molecule has 1 aromatic heterocycles. The SMILES string of the molecule is Cc1nc(NC(=O)c2cccc(CN)c2)sc1C. The van der Waals surface area contributed by atoms with E-state index in [1.165, 1.54) is 11.3 Å². The number of anilines is 1. The molecule has 0 unspecified atom stereocenters. The summed E-state index contributed by atoms with van der Waals surface area (Å²) in [7, 11) is 0. The van der Waals surface area contributed by atoms with Crippen molar-refractivity contribution in [2.75, 3.05) is 5.32 Å². The van der Waals surface area contributed by atoms with Crippen LogP contribution < -0.4 is 11.1 Å². The fourth-order valence-corrected chi connectivity index (χ4v) is 2.34. The average molecular weight is 261 g/mol. The van der Waals surface area contributed by atoms with E-state index in [1.54, 1.807) is 12.1 Å². The molecule has 1 amide bonds. The Bertz CT molecular complexity index is 558. The first-order chi connectivity index (χ1) is 8.60. The number of amides is 1. The zero-order valence-electron chi connectivity index (χ0n) is 10.4. The van der Waals surface area contributed by atoms with Gasteiger partial charge in [0.15, 0.2) is 5.13 Å². The Morgan fingerprint density at radius 2 is 2.22 bits per heavy atom. The Morgan fingerprint density at radius 3 is 2.83 bits per heavy atom. The molecule has 0 bridgehead atoms. The van der Waals surface area contributed by atoms with Gasteiger partial charge in [-0.1, -0.05) is 12.1 Å². The molecule has 1 heterocycles. The highest BCUT2D eigenvalue weighted by Crippen LogP contribution is 2.21. The van der Waals surface area contributed by atoms with Gasteiger partial charge in [-0.25, -0.2) is 4.98 Å². The molecule has 2 aromatic rings. The van der Waals surface area contributed by atoms with Crippen LogP contribution in [0.3, 0.4) is 0 Å². The smallest absolute Gasteiger partial charge is 0.257 e. The molecule has 1 aromatic carbocycles. The molecule has 0 aliphatic carbocycles. The van der Waals surface area contributed by atoms with Crippen molar-refractivity contribution >= 4 is 22.4 Å². The average Bonchev–Trinajstić information content (AvgIpc) is 2.68. The summed E-state index contributed by atoms with van der Waals surface area (Å²) < 4.78 is 0. The summed E-state index contributed by atoms with van der Waals surface area (Å²) in [6, 6.07) is 7.29. The summed E-state index contributed by atoms with van der Waals surface area (Å²) in [5.41, 5.74) is 8.04. The van der Waals surface area contributed by atoms with E-state index >= 15 is 0 Å². The lowest BCUT2D eigenvalue weighted by Crippen LogP contribution is -2.12. The summed E-state index contributed by atoms with van der Waals surface area (Å²) in [4.78, 5) is 17.4. The predicted molar refractivity (Wildman–Crippen MR) is 73.9 cm³/mol. The van der Waals surface area contributed by atoms with E-state index in [1.807, 2.05) is 26.0 Å². The largest absolute Gasteiger partial charge is 0.326 e. The summed E-state index contributed by atoms with van der Waals surface area (Å²) in [5, 5.41) is 3.43. The van der Waals surface area contributed by atoms with Gasteiger partial charge < -0.3 is 5.73 Å². The quantitative estimate of drug-likeness (QED) is 0.891. The molecule has 0 spiro atoms. The summed E-state index contributed by atoms with van der Waals surface area (Å²) in [6.07, 6.45) is 0. The van der Waals surface area contributed by atoms with Gasteiger partial charge in [-0.2, -0.15) is 0 Å². The second-order valence-corrected chi connectivity index (χ2v) is 5.22. The number of thiazole rings is 1. The number of benzene rings is 1. The Labute approximate surface area is 110 Å². The number of carbonyl (C=O) groups is 1. The lowest BCUT2D eigenvalue weighted by molar-refractivity contribution is 0.102. The third kappa shape index (κ3) is 2.75. The Morgan fingerprint density at radius 1 is 1.44 bits per heavy atom. The summed E-state index contributed by atoms with van der Waals surface area (Å²) >= 11 is 1.48. The van der Waals surface area contributed by atoms with Crippen molar-refractivity contribution in [3.05, 3.63) is 46.0 Å². The first kappa shape index (κ1) is 12.7. The maximum Gasteiger partial charge on any atom is 0.257 e. The monoisotopic (exact) mass is 261 g/mol. The molecule has 5 heteroatoms. The fraction of sp³-hybridized carbons (Fsp3) is 0.231. The Kier molecular flexibility index (Phi) is 3.74. The molecule has 0 aliphatic rings.